The van der Waals surface area contributed by atoms with Crippen molar-refractivity contribution in [2.75, 3.05) is 5.32 Å². The lowest BCUT2D eigenvalue weighted by Crippen LogP contribution is -2.18. The summed E-state index contributed by atoms with van der Waals surface area (Å²) in [5.74, 6) is -0.557. The third-order valence-electron chi connectivity index (χ3n) is 4.48. The monoisotopic (exact) mass is 415 g/mol. The quantitative estimate of drug-likeness (QED) is 0.433. The highest BCUT2D eigenvalue weighted by atomic mass is 35.5. The number of carbonyl (C=O) groups is 2. The van der Waals surface area contributed by atoms with E-state index in [0.29, 0.717) is 40.0 Å². The number of amides is 2. The van der Waals surface area contributed by atoms with Gasteiger partial charge in [0.05, 0.1) is 40.9 Å². The second-order valence-corrected chi connectivity index (χ2v) is 6.80. The van der Waals surface area contributed by atoms with Crippen LogP contribution in [0.1, 0.15) is 25.5 Å². The SMILES string of the molecule is CC(=O)Nc1cn2cc(-c3c(Cl)c(F)c([C@H](C)NC=O)c4[nH]ncc34)ncc2n1. The van der Waals surface area contributed by atoms with Crippen molar-refractivity contribution in [2.45, 2.75) is 19.9 Å². The molecule has 0 unspecified atom stereocenters. The van der Waals surface area contributed by atoms with Gasteiger partial charge in [-0.2, -0.15) is 5.10 Å². The minimum Gasteiger partial charge on any atom is -0.352 e. The Kier molecular flexibility index (Phi) is 4.63. The Morgan fingerprint density at radius 2 is 2.17 bits per heavy atom. The first kappa shape index (κ1) is 18.8. The van der Waals surface area contributed by atoms with E-state index in [0.717, 1.165) is 0 Å². The lowest BCUT2D eigenvalue weighted by molar-refractivity contribution is -0.114. The van der Waals surface area contributed by atoms with Gasteiger partial charge in [0.15, 0.2) is 11.5 Å². The normalized spacial score (nSPS) is 12.3. The van der Waals surface area contributed by atoms with Crippen molar-refractivity contribution >= 4 is 46.3 Å². The molecule has 0 saturated heterocycles. The molecule has 3 aromatic heterocycles. The second kappa shape index (κ2) is 7.13. The fourth-order valence-corrected chi connectivity index (χ4v) is 3.55. The molecule has 0 aliphatic rings. The molecule has 1 atom stereocenters. The Morgan fingerprint density at radius 3 is 2.90 bits per heavy atom. The predicted octanol–water partition coefficient (Wildman–Crippen LogP) is 2.83. The van der Waals surface area contributed by atoms with Gasteiger partial charge in [-0.15, -0.1) is 0 Å². The number of benzene rings is 1. The van der Waals surface area contributed by atoms with E-state index in [9.17, 15) is 9.59 Å². The van der Waals surface area contributed by atoms with E-state index in [1.165, 1.54) is 19.3 Å². The van der Waals surface area contributed by atoms with Gasteiger partial charge in [0.1, 0.15) is 5.82 Å². The van der Waals surface area contributed by atoms with Gasteiger partial charge in [-0.25, -0.2) is 9.37 Å². The number of rotatable bonds is 5. The highest BCUT2D eigenvalue weighted by Crippen LogP contribution is 2.40. The van der Waals surface area contributed by atoms with E-state index in [2.05, 4.69) is 30.8 Å². The van der Waals surface area contributed by atoms with Crippen LogP contribution in [0.4, 0.5) is 10.2 Å². The van der Waals surface area contributed by atoms with E-state index in [-0.39, 0.29) is 16.5 Å². The van der Waals surface area contributed by atoms with E-state index in [1.54, 1.807) is 23.7 Å². The summed E-state index contributed by atoms with van der Waals surface area (Å²) in [6, 6.07) is -0.619. The molecule has 0 aliphatic carbocycles. The van der Waals surface area contributed by atoms with Gasteiger partial charge in [-0.3, -0.25) is 19.7 Å². The summed E-state index contributed by atoms with van der Waals surface area (Å²) >= 11 is 6.38. The minimum absolute atomic E-state index is 0.137. The van der Waals surface area contributed by atoms with Crippen molar-refractivity contribution in [3.05, 3.63) is 41.2 Å². The largest absolute Gasteiger partial charge is 0.352 e. The van der Waals surface area contributed by atoms with Crippen LogP contribution in [0.2, 0.25) is 5.02 Å². The summed E-state index contributed by atoms with van der Waals surface area (Å²) in [6.07, 6.45) is 6.76. The lowest BCUT2D eigenvalue weighted by Gasteiger charge is -2.16. The molecule has 0 spiro atoms. The Morgan fingerprint density at radius 1 is 1.38 bits per heavy atom. The number of aromatic nitrogens is 5. The van der Waals surface area contributed by atoms with Crippen LogP contribution in [0.3, 0.4) is 0 Å². The van der Waals surface area contributed by atoms with Gasteiger partial charge in [0, 0.05) is 29.6 Å². The molecule has 4 aromatic rings. The summed E-state index contributed by atoms with van der Waals surface area (Å²) in [5.41, 5.74) is 1.86. The summed E-state index contributed by atoms with van der Waals surface area (Å²) in [7, 11) is 0. The van der Waals surface area contributed by atoms with Crippen LogP contribution in [0, 0.1) is 5.82 Å². The number of anilines is 1. The summed E-state index contributed by atoms with van der Waals surface area (Å²) in [4.78, 5) is 30.6. The van der Waals surface area contributed by atoms with Crippen molar-refractivity contribution in [1.82, 2.24) is 29.9 Å². The number of imidazole rings is 1. The van der Waals surface area contributed by atoms with E-state index in [4.69, 9.17) is 11.6 Å². The minimum atomic E-state index is -0.674. The van der Waals surface area contributed by atoms with Gasteiger partial charge in [0.25, 0.3) is 0 Å². The number of halogens is 2. The molecule has 0 radical (unpaired) electrons. The van der Waals surface area contributed by atoms with Gasteiger partial charge in [-0.05, 0) is 6.92 Å². The molecule has 9 nitrogen and oxygen atoms in total. The average Bonchev–Trinajstić information content (AvgIpc) is 3.28. The van der Waals surface area contributed by atoms with Gasteiger partial charge < -0.3 is 15.0 Å². The molecule has 3 N–H and O–H groups in total. The zero-order valence-corrected chi connectivity index (χ0v) is 16.1. The molecule has 0 fully saturated rings. The molecular formula is C18H15ClFN7O2. The standard InChI is InChI=1S/C18H15ClFN7O2/c1-8(22-7-28)14-17(20)16(19)15(10-3-23-26-18(10)14)11-5-27-6-12(24-9(2)29)25-13(27)4-21-11/h3-8H,1-2H3,(H,22,28)(H,23,26)(H,24,29)/t8-/m0/s1. The average molecular weight is 416 g/mol. The molecule has 2 amide bonds. The number of hydrogen-bond acceptors (Lipinski definition) is 5. The number of hydrogen-bond donors (Lipinski definition) is 3. The van der Waals surface area contributed by atoms with Crippen LogP contribution in [0.5, 0.6) is 0 Å². The van der Waals surface area contributed by atoms with Crippen molar-refractivity contribution < 1.29 is 14.0 Å². The number of carbonyl (C=O) groups excluding carboxylic acids is 2. The number of nitrogens with one attached hydrogen (secondary N) is 3. The molecule has 11 heteroatoms. The van der Waals surface area contributed by atoms with Crippen LogP contribution in [0.15, 0.2) is 24.8 Å². The molecule has 0 saturated carbocycles. The molecule has 148 valence electrons. The van der Waals surface area contributed by atoms with Crippen LogP contribution < -0.4 is 10.6 Å². The number of H-pyrrole nitrogens is 1. The summed E-state index contributed by atoms with van der Waals surface area (Å²) in [5, 5.41) is 12.3. The van der Waals surface area contributed by atoms with E-state index in [1.807, 2.05) is 0 Å². The predicted molar refractivity (Wildman–Crippen MR) is 105 cm³/mol. The molecular weight excluding hydrogens is 401 g/mol. The van der Waals surface area contributed by atoms with Gasteiger partial charge >= 0.3 is 0 Å². The molecule has 4 rings (SSSR count). The van der Waals surface area contributed by atoms with Crippen LogP contribution in [-0.2, 0) is 9.59 Å². The fourth-order valence-electron chi connectivity index (χ4n) is 3.25. The zero-order valence-electron chi connectivity index (χ0n) is 15.3. The van der Waals surface area contributed by atoms with Crippen LogP contribution in [-0.4, -0.2) is 36.9 Å². The topological polar surface area (TPSA) is 117 Å². The number of nitrogens with zero attached hydrogens (tertiary/aromatic N) is 4. The van der Waals surface area contributed by atoms with Crippen molar-refractivity contribution in [3.8, 4) is 11.3 Å². The number of aromatic amines is 1. The molecule has 0 bridgehead atoms. The third kappa shape index (κ3) is 3.17. The highest BCUT2D eigenvalue weighted by Gasteiger charge is 2.25. The van der Waals surface area contributed by atoms with Crippen molar-refractivity contribution in [3.63, 3.8) is 0 Å². The zero-order chi connectivity index (χ0) is 20.7. The smallest absolute Gasteiger partial charge is 0.222 e. The highest BCUT2D eigenvalue weighted by molar-refractivity contribution is 6.35. The molecule has 1 aromatic carbocycles. The first-order valence-corrected chi connectivity index (χ1v) is 8.94. The molecule has 3 heterocycles. The van der Waals surface area contributed by atoms with E-state index < -0.39 is 11.9 Å². The van der Waals surface area contributed by atoms with Crippen molar-refractivity contribution in [2.24, 2.45) is 0 Å². The Labute approximate surface area is 168 Å². The Balaban J connectivity index is 1.91. The van der Waals surface area contributed by atoms with Crippen LogP contribution >= 0.6 is 11.6 Å². The molecule has 0 aliphatic heterocycles. The second-order valence-electron chi connectivity index (χ2n) is 6.43. The maximum absolute atomic E-state index is 15.2. The summed E-state index contributed by atoms with van der Waals surface area (Å²) < 4.78 is 16.8. The maximum atomic E-state index is 15.2. The summed E-state index contributed by atoms with van der Waals surface area (Å²) in [6.45, 7) is 3.02. The first-order chi connectivity index (χ1) is 13.9. The van der Waals surface area contributed by atoms with E-state index >= 15 is 4.39 Å². The fraction of sp³-hybridized carbons (Fsp3) is 0.167. The maximum Gasteiger partial charge on any atom is 0.222 e. The Bertz CT molecular complexity index is 1270. The van der Waals surface area contributed by atoms with Crippen molar-refractivity contribution in [1.29, 1.82) is 0 Å². The van der Waals surface area contributed by atoms with Gasteiger partial charge in [0.2, 0.25) is 12.3 Å². The lowest BCUT2D eigenvalue weighted by atomic mass is 9.99. The number of fused-ring (bicyclic) bond motifs is 2. The molecule has 29 heavy (non-hydrogen) atoms. The van der Waals surface area contributed by atoms with Gasteiger partial charge in [-0.1, -0.05) is 11.6 Å². The third-order valence-corrected chi connectivity index (χ3v) is 4.83. The van der Waals surface area contributed by atoms with Crippen LogP contribution in [0.25, 0.3) is 27.8 Å². The Hall–Kier alpha value is -3.53. The first-order valence-electron chi connectivity index (χ1n) is 8.57.